The SMILES string of the molecule is CCn1nc(C)c(Br)c1CC(N)c1ccc(F)c(F)c1Br. The van der Waals surface area contributed by atoms with Gasteiger partial charge in [-0.25, -0.2) is 8.78 Å². The number of rotatable bonds is 4. The minimum Gasteiger partial charge on any atom is -0.324 e. The Kier molecular flexibility index (Phi) is 5.16. The van der Waals surface area contributed by atoms with E-state index in [0.29, 0.717) is 18.5 Å². The Labute approximate surface area is 138 Å². The molecule has 21 heavy (non-hydrogen) atoms. The van der Waals surface area contributed by atoms with Gasteiger partial charge in [0, 0.05) is 19.0 Å². The van der Waals surface area contributed by atoms with Gasteiger partial charge in [0.15, 0.2) is 11.6 Å². The van der Waals surface area contributed by atoms with E-state index in [9.17, 15) is 8.78 Å². The van der Waals surface area contributed by atoms with Gasteiger partial charge in [-0.15, -0.1) is 0 Å². The monoisotopic (exact) mass is 421 g/mol. The van der Waals surface area contributed by atoms with Crippen molar-refractivity contribution in [2.45, 2.75) is 32.9 Å². The lowest BCUT2D eigenvalue weighted by atomic mass is 10.0. The largest absolute Gasteiger partial charge is 0.324 e. The molecule has 7 heteroatoms. The van der Waals surface area contributed by atoms with Gasteiger partial charge in [-0.2, -0.15) is 5.10 Å². The number of aromatic nitrogens is 2. The molecule has 114 valence electrons. The fourth-order valence-electron chi connectivity index (χ4n) is 2.21. The van der Waals surface area contributed by atoms with E-state index in [1.54, 1.807) is 0 Å². The van der Waals surface area contributed by atoms with E-state index >= 15 is 0 Å². The normalized spacial score (nSPS) is 12.7. The third-order valence-corrected chi connectivity index (χ3v) is 5.17. The lowest BCUT2D eigenvalue weighted by molar-refractivity contribution is 0.499. The molecule has 0 saturated carbocycles. The predicted molar refractivity (Wildman–Crippen MR) is 85.0 cm³/mol. The summed E-state index contributed by atoms with van der Waals surface area (Å²) in [5.74, 6) is -1.81. The van der Waals surface area contributed by atoms with Crippen molar-refractivity contribution in [2.75, 3.05) is 0 Å². The van der Waals surface area contributed by atoms with Crippen LogP contribution >= 0.6 is 31.9 Å². The Balaban J connectivity index is 2.35. The standard InChI is InChI=1S/C14H15Br2F2N3/c1-3-21-11(12(15)7(2)20-21)6-10(19)8-4-5-9(17)14(18)13(8)16/h4-5,10H,3,6,19H2,1-2H3. The first-order valence-electron chi connectivity index (χ1n) is 6.47. The van der Waals surface area contributed by atoms with Gasteiger partial charge in [-0.05, 0) is 57.3 Å². The zero-order valence-corrected chi connectivity index (χ0v) is 14.8. The third kappa shape index (κ3) is 3.19. The van der Waals surface area contributed by atoms with E-state index < -0.39 is 17.7 Å². The first kappa shape index (κ1) is 16.6. The van der Waals surface area contributed by atoms with Crippen molar-refractivity contribution in [3.05, 3.63) is 49.7 Å². The van der Waals surface area contributed by atoms with E-state index in [4.69, 9.17) is 5.73 Å². The molecule has 0 saturated heterocycles. The van der Waals surface area contributed by atoms with E-state index in [-0.39, 0.29) is 4.47 Å². The van der Waals surface area contributed by atoms with Gasteiger partial charge in [0.05, 0.1) is 20.3 Å². The predicted octanol–water partition coefficient (Wildman–Crippen LogP) is 4.26. The molecular formula is C14H15Br2F2N3. The second-order valence-electron chi connectivity index (χ2n) is 4.74. The summed E-state index contributed by atoms with van der Waals surface area (Å²) in [6.07, 6.45) is 0.471. The van der Waals surface area contributed by atoms with Crippen LogP contribution in [-0.4, -0.2) is 9.78 Å². The maximum atomic E-state index is 13.6. The molecule has 0 aliphatic heterocycles. The summed E-state index contributed by atoms with van der Waals surface area (Å²) in [4.78, 5) is 0. The molecule has 1 unspecified atom stereocenters. The molecule has 1 aromatic carbocycles. The molecule has 1 aromatic heterocycles. The van der Waals surface area contributed by atoms with Crippen molar-refractivity contribution in [3.63, 3.8) is 0 Å². The maximum absolute atomic E-state index is 13.6. The number of nitrogens with zero attached hydrogens (tertiary/aromatic N) is 2. The molecule has 2 aromatic rings. The molecule has 2 rings (SSSR count). The molecule has 0 bridgehead atoms. The molecular weight excluding hydrogens is 408 g/mol. The van der Waals surface area contributed by atoms with Crippen LogP contribution in [0.1, 0.15) is 29.9 Å². The van der Waals surface area contributed by atoms with Gasteiger partial charge >= 0.3 is 0 Å². The maximum Gasteiger partial charge on any atom is 0.173 e. The second-order valence-corrected chi connectivity index (χ2v) is 6.32. The average Bonchev–Trinajstić information content (AvgIpc) is 2.72. The van der Waals surface area contributed by atoms with Crippen molar-refractivity contribution in [3.8, 4) is 0 Å². The van der Waals surface area contributed by atoms with E-state index in [2.05, 4.69) is 37.0 Å². The Morgan fingerprint density at radius 1 is 1.29 bits per heavy atom. The van der Waals surface area contributed by atoms with Crippen LogP contribution in [0.25, 0.3) is 0 Å². The van der Waals surface area contributed by atoms with Crippen molar-refractivity contribution >= 4 is 31.9 Å². The van der Waals surface area contributed by atoms with Crippen LogP contribution in [0.4, 0.5) is 8.78 Å². The van der Waals surface area contributed by atoms with Gasteiger partial charge in [0.2, 0.25) is 0 Å². The highest BCUT2D eigenvalue weighted by atomic mass is 79.9. The molecule has 0 amide bonds. The number of nitrogens with two attached hydrogens (primary N) is 1. The molecule has 1 atom stereocenters. The molecule has 0 fully saturated rings. The fraction of sp³-hybridized carbons (Fsp3) is 0.357. The van der Waals surface area contributed by atoms with Crippen molar-refractivity contribution in [2.24, 2.45) is 5.73 Å². The minimum atomic E-state index is -0.915. The van der Waals surface area contributed by atoms with Crippen LogP contribution in [0.5, 0.6) is 0 Å². The van der Waals surface area contributed by atoms with E-state index in [0.717, 1.165) is 21.9 Å². The van der Waals surface area contributed by atoms with Crippen molar-refractivity contribution < 1.29 is 8.78 Å². The highest BCUT2D eigenvalue weighted by molar-refractivity contribution is 9.10. The summed E-state index contributed by atoms with van der Waals surface area (Å²) in [6.45, 7) is 4.60. The molecule has 2 N–H and O–H groups in total. The summed E-state index contributed by atoms with van der Waals surface area (Å²) in [7, 11) is 0. The zero-order valence-electron chi connectivity index (χ0n) is 11.6. The number of aryl methyl sites for hydroxylation is 2. The summed E-state index contributed by atoms with van der Waals surface area (Å²) in [6, 6.07) is 2.12. The smallest absolute Gasteiger partial charge is 0.173 e. The van der Waals surface area contributed by atoms with Crippen LogP contribution in [0.15, 0.2) is 21.1 Å². The van der Waals surface area contributed by atoms with Gasteiger partial charge < -0.3 is 5.73 Å². The number of halogens is 4. The van der Waals surface area contributed by atoms with Gasteiger partial charge in [0.25, 0.3) is 0 Å². The zero-order chi connectivity index (χ0) is 15.7. The Morgan fingerprint density at radius 2 is 1.95 bits per heavy atom. The van der Waals surface area contributed by atoms with Crippen LogP contribution in [0, 0.1) is 18.6 Å². The first-order chi connectivity index (χ1) is 9.86. The van der Waals surface area contributed by atoms with Gasteiger partial charge in [-0.1, -0.05) is 6.07 Å². The molecule has 1 heterocycles. The summed E-state index contributed by atoms with van der Waals surface area (Å²) < 4.78 is 29.6. The summed E-state index contributed by atoms with van der Waals surface area (Å²) in [5.41, 5.74) is 8.52. The van der Waals surface area contributed by atoms with E-state index in [1.807, 2.05) is 18.5 Å². The first-order valence-corrected chi connectivity index (χ1v) is 8.06. The Bertz CT molecular complexity index is 671. The van der Waals surface area contributed by atoms with Crippen LogP contribution < -0.4 is 5.73 Å². The van der Waals surface area contributed by atoms with Gasteiger partial charge in [0.1, 0.15) is 0 Å². The average molecular weight is 423 g/mol. The molecule has 0 spiro atoms. The lowest BCUT2D eigenvalue weighted by Crippen LogP contribution is -2.17. The van der Waals surface area contributed by atoms with Gasteiger partial charge in [-0.3, -0.25) is 4.68 Å². The number of benzene rings is 1. The van der Waals surface area contributed by atoms with Crippen LogP contribution in [-0.2, 0) is 13.0 Å². The molecule has 3 nitrogen and oxygen atoms in total. The molecule has 0 radical (unpaired) electrons. The number of hydrogen-bond acceptors (Lipinski definition) is 2. The topological polar surface area (TPSA) is 43.8 Å². The van der Waals surface area contributed by atoms with E-state index in [1.165, 1.54) is 6.07 Å². The minimum absolute atomic E-state index is 0.0745. The van der Waals surface area contributed by atoms with Crippen molar-refractivity contribution in [1.29, 1.82) is 0 Å². The van der Waals surface area contributed by atoms with Crippen LogP contribution in [0.2, 0.25) is 0 Å². The van der Waals surface area contributed by atoms with Crippen molar-refractivity contribution in [1.82, 2.24) is 9.78 Å². The highest BCUT2D eigenvalue weighted by Gasteiger charge is 2.20. The number of hydrogen-bond donors (Lipinski definition) is 1. The Hall–Kier alpha value is -0.790. The fourth-order valence-corrected chi connectivity index (χ4v) is 3.27. The Morgan fingerprint density at radius 3 is 2.57 bits per heavy atom. The lowest BCUT2D eigenvalue weighted by Gasteiger charge is -2.16. The summed E-state index contributed by atoms with van der Waals surface area (Å²) in [5, 5.41) is 4.40. The third-order valence-electron chi connectivity index (χ3n) is 3.33. The molecule has 0 aliphatic carbocycles. The molecule has 0 aliphatic rings. The summed E-state index contributed by atoms with van der Waals surface area (Å²) >= 11 is 6.58. The van der Waals surface area contributed by atoms with Crippen LogP contribution in [0.3, 0.4) is 0 Å². The quantitative estimate of drug-likeness (QED) is 0.748. The second kappa shape index (κ2) is 6.54. The highest BCUT2D eigenvalue weighted by Crippen LogP contribution is 2.31.